The lowest BCUT2D eigenvalue weighted by molar-refractivity contribution is -0.385. The van der Waals surface area contributed by atoms with E-state index in [0.29, 0.717) is 41.8 Å². The minimum absolute atomic E-state index is 0.00550. The number of aromatic nitrogens is 2. The molecule has 1 aromatic heterocycles. The number of ether oxygens (including phenoxy) is 1. The van der Waals surface area contributed by atoms with Crippen molar-refractivity contribution in [2.75, 3.05) is 19.8 Å². The topological polar surface area (TPSA) is 125 Å². The number of amides is 1. The first kappa shape index (κ1) is 30.5. The predicted molar refractivity (Wildman–Crippen MR) is 153 cm³/mol. The lowest BCUT2D eigenvalue weighted by atomic mass is 9.78. The first-order valence-corrected chi connectivity index (χ1v) is 14.2. The fraction of sp³-hybridized carbons (Fsp3) is 0.552. The van der Waals surface area contributed by atoms with Crippen LogP contribution < -0.4 is 0 Å². The van der Waals surface area contributed by atoms with Crippen LogP contribution in [0.25, 0.3) is 6.08 Å². The molecule has 1 aliphatic rings. The summed E-state index contributed by atoms with van der Waals surface area (Å²) < 4.78 is 6.26. The maximum absolute atomic E-state index is 13.7. The number of nitriles is 1. The maximum atomic E-state index is 13.7. The van der Waals surface area contributed by atoms with E-state index in [1.54, 1.807) is 30.6 Å². The molecule has 2 atom stereocenters. The van der Waals surface area contributed by atoms with Gasteiger partial charge in [-0.2, -0.15) is 5.26 Å². The summed E-state index contributed by atoms with van der Waals surface area (Å²) in [6.07, 6.45) is 8.18. The van der Waals surface area contributed by atoms with Gasteiger partial charge in [0.25, 0.3) is 5.69 Å². The summed E-state index contributed by atoms with van der Waals surface area (Å²) in [5.74, 6) is 0.669. The van der Waals surface area contributed by atoms with Crippen molar-refractivity contribution >= 4 is 33.6 Å². The van der Waals surface area contributed by atoms with Crippen LogP contribution in [0, 0.1) is 38.7 Å². The standard InChI is InChI=1S/C29H38BrN5O4/c1-20(28-32-12-13-33-28)34(14-11-29(2,3)4)27(36)8-6-25(21-9-15-39-16-10-21)23(19-31)17-22-18-24(30)5-7-26(22)35(37)38/h5,7,12-13,17-18,20-21,25H,6,8-11,14-16H2,1-4H3,(H,32,33). The molecule has 0 bridgehead atoms. The van der Waals surface area contributed by atoms with Gasteiger partial charge in [0.15, 0.2) is 0 Å². The first-order chi connectivity index (χ1) is 18.5. The lowest BCUT2D eigenvalue weighted by Gasteiger charge is -2.33. The summed E-state index contributed by atoms with van der Waals surface area (Å²) >= 11 is 3.39. The van der Waals surface area contributed by atoms with E-state index in [2.05, 4.69) is 52.7 Å². The highest BCUT2D eigenvalue weighted by Gasteiger charge is 2.31. The highest BCUT2D eigenvalue weighted by atomic mass is 79.9. The Balaban J connectivity index is 1.89. The van der Waals surface area contributed by atoms with Gasteiger partial charge >= 0.3 is 0 Å². The monoisotopic (exact) mass is 599 g/mol. The molecule has 2 heterocycles. The third-order valence-electron chi connectivity index (χ3n) is 7.34. The Hall–Kier alpha value is -3.03. The van der Waals surface area contributed by atoms with Gasteiger partial charge in [-0.25, -0.2) is 4.98 Å². The van der Waals surface area contributed by atoms with E-state index in [0.717, 1.165) is 25.1 Å². The third kappa shape index (κ3) is 8.73. The van der Waals surface area contributed by atoms with Crippen LogP contribution in [0.3, 0.4) is 0 Å². The zero-order valence-electron chi connectivity index (χ0n) is 23.2. The van der Waals surface area contributed by atoms with Crippen molar-refractivity contribution in [3.05, 3.63) is 62.1 Å². The molecule has 1 N–H and O–H groups in total. The molecule has 1 amide bonds. The highest BCUT2D eigenvalue weighted by Crippen LogP contribution is 2.36. The van der Waals surface area contributed by atoms with Crippen LogP contribution in [0.2, 0.25) is 0 Å². The van der Waals surface area contributed by atoms with E-state index in [9.17, 15) is 20.2 Å². The van der Waals surface area contributed by atoms with E-state index in [4.69, 9.17) is 4.74 Å². The molecule has 1 fully saturated rings. The molecule has 2 unspecified atom stereocenters. The summed E-state index contributed by atoms with van der Waals surface area (Å²) in [4.78, 5) is 34.3. The molecule has 0 aliphatic carbocycles. The zero-order valence-corrected chi connectivity index (χ0v) is 24.7. The fourth-order valence-corrected chi connectivity index (χ4v) is 5.41. The van der Waals surface area contributed by atoms with E-state index < -0.39 is 4.92 Å². The van der Waals surface area contributed by atoms with Crippen LogP contribution >= 0.6 is 15.9 Å². The minimum Gasteiger partial charge on any atom is -0.381 e. The van der Waals surface area contributed by atoms with Crippen molar-refractivity contribution in [2.45, 2.75) is 65.8 Å². The number of hydrogen-bond acceptors (Lipinski definition) is 6. The largest absolute Gasteiger partial charge is 0.381 e. The number of imidazole rings is 1. The average molecular weight is 601 g/mol. The van der Waals surface area contributed by atoms with Gasteiger partial charge in [0.05, 0.1) is 22.6 Å². The number of rotatable bonds is 11. The zero-order chi connectivity index (χ0) is 28.6. The van der Waals surface area contributed by atoms with Gasteiger partial charge in [0.2, 0.25) is 5.91 Å². The van der Waals surface area contributed by atoms with Gasteiger partial charge in [0, 0.05) is 54.7 Å². The first-order valence-electron chi connectivity index (χ1n) is 13.4. The molecule has 1 saturated heterocycles. The molecule has 1 aliphatic heterocycles. The Morgan fingerprint density at radius 2 is 2.10 bits per heavy atom. The van der Waals surface area contributed by atoms with Crippen LogP contribution in [0.1, 0.15) is 77.2 Å². The predicted octanol–water partition coefficient (Wildman–Crippen LogP) is 6.84. The molecule has 39 heavy (non-hydrogen) atoms. The molecule has 0 spiro atoms. The van der Waals surface area contributed by atoms with Crippen LogP contribution in [0.4, 0.5) is 5.69 Å². The van der Waals surface area contributed by atoms with Crippen molar-refractivity contribution < 1.29 is 14.5 Å². The lowest BCUT2D eigenvalue weighted by Crippen LogP contribution is -2.37. The second-order valence-corrected chi connectivity index (χ2v) is 12.2. The molecule has 9 nitrogen and oxygen atoms in total. The van der Waals surface area contributed by atoms with Crippen LogP contribution in [-0.4, -0.2) is 45.5 Å². The Morgan fingerprint density at radius 3 is 2.69 bits per heavy atom. The van der Waals surface area contributed by atoms with Gasteiger partial charge in [-0.05, 0) is 68.1 Å². The number of allylic oxidation sites excluding steroid dienone is 1. The van der Waals surface area contributed by atoms with Gasteiger partial charge in [-0.3, -0.25) is 14.9 Å². The third-order valence-corrected chi connectivity index (χ3v) is 7.83. The number of benzene rings is 1. The molecule has 0 saturated carbocycles. The number of carbonyl (C=O) groups excluding carboxylic acids is 1. The smallest absolute Gasteiger partial charge is 0.276 e. The van der Waals surface area contributed by atoms with Crippen molar-refractivity contribution in [1.29, 1.82) is 5.26 Å². The minimum atomic E-state index is -0.441. The second-order valence-electron chi connectivity index (χ2n) is 11.3. The quantitative estimate of drug-likeness (QED) is 0.171. The maximum Gasteiger partial charge on any atom is 0.276 e. The summed E-state index contributed by atoms with van der Waals surface area (Å²) in [5.41, 5.74) is 0.818. The Kier molecular flexibility index (Phi) is 10.8. The van der Waals surface area contributed by atoms with Gasteiger partial charge in [0.1, 0.15) is 5.82 Å². The molecule has 1 aromatic carbocycles. The average Bonchev–Trinajstić information content (AvgIpc) is 3.43. The number of hydrogen-bond donors (Lipinski definition) is 1. The molecule has 2 aromatic rings. The van der Waals surface area contributed by atoms with Crippen LogP contribution in [0.5, 0.6) is 0 Å². The number of nitrogens with one attached hydrogen (secondary N) is 1. The Bertz CT molecular complexity index is 1190. The number of carbonyl (C=O) groups is 1. The fourth-order valence-electron chi connectivity index (χ4n) is 5.03. The molecular formula is C29H38BrN5O4. The Labute approximate surface area is 238 Å². The van der Waals surface area contributed by atoms with Crippen LogP contribution in [0.15, 0.2) is 40.6 Å². The van der Waals surface area contributed by atoms with Crippen molar-refractivity contribution in [3.8, 4) is 6.07 Å². The molecular weight excluding hydrogens is 562 g/mol. The van der Waals surface area contributed by atoms with E-state index in [1.165, 1.54) is 6.07 Å². The second kappa shape index (κ2) is 13.9. The highest BCUT2D eigenvalue weighted by molar-refractivity contribution is 9.10. The summed E-state index contributed by atoms with van der Waals surface area (Å²) in [6.45, 7) is 10.2. The van der Waals surface area contributed by atoms with E-state index in [1.807, 2.05) is 11.8 Å². The molecule has 10 heteroatoms. The number of halogens is 1. The number of aromatic amines is 1. The summed E-state index contributed by atoms with van der Waals surface area (Å²) in [7, 11) is 0. The number of H-pyrrole nitrogens is 1. The van der Waals surface area contributed by atoms with Gasteiger partial charge in [-0.15, -0.1) is 0 Å². The molecule has 3 rings (SSSR count). The van der Waals surface area contributed by atoms with Gasteiger partial charge < -0.3 is 14.6 Å². The van der Waals surface area contributed by atoms with Crippen molar-refractivity contribution in [1.82, 2.24) is 14.9 Å². The van der Waals surface area contributed by atoms with Crippen molar-refractivity contribution in [3.63, 3.8) is 0 Å². The number of nitro benzene ring substituents is 1. The molecule has 0 radical (unpaired) electrons. The van der Waals surface area contributed by atoms with Gasteiger partial charge in [-0.1, -0.05) is 36.7 Å². The Morgan fingerprint density at radius 1 is 1.38 bits per heavy atom. The SMILES string of the molecule is CC(c1ncc[nH]1)N(CCC(C)(C)C)C(=O)CCC(C(C#N)=Cc1cc(Br)ccc1[N+](=O)[O-])C1CCOCC1. The van der Waals surface area contributed by atoms with E-state index >= 15 is 0 Å². The summed E-state index contributed by atoms with van der Waals surface area (Å²) in [5, 5.41) is 21.9. The summed E-state index contributed by atoms with van der Waals surface area (Å²) in [6, 6.07) is 6.80. The number of nitrogens with zero attached hydrogens (tertiary/aromatic N) is 4. The van der Waals surface area contributed by atoms with Crippen LogP contribution in [-0.2, 0) is 9.53 Å². The number of nitro groups is 1. The van der Waals surface area contributed by atoms with Crippen molar-refractivity contribution in [2.24, 2.45) is 17.3 Å². The normalized spacial score (nSPS) is 16.4. The molecule has 210 valence electrons. The van der Waals surface area contributed by atoms with E-state index in [-0.39, 0.29) is 41.3 Å².